The van der Waals surface area contributed by atoms with Gasteiger partial charge in [0.15, 0.2) is 0 Å². The van der Waals surface area contributed by atoms with Gasteiger partial charge in [0.2, 0.25) is 0 Å². The number of carbonyl (C=O) groups is 2. The van der Waals surface area contributed by atoms with Gasteiger partial charge in [0, 0.05) is 18.5 Å². The van der Waals surface area contributed by atoms with Crippen molar-refractivity contribution in [2.75, 3.05) is 7.11 Å². The van der Waals surface area contributed by atoms with Crippen LogP contribution in [0.1, 0.15) is 29.6 Å². The Morgan fingerprint density at radius 2 is 1.93 bits per heavy atom. The molecule has 5 unspecified atom stereocenters. The molecule has 2 N–H and O–H groups in total. The fourth-order valence-corrected chi connectivity index (χ4v) is 4.76. The molecule has 0 amide bonds. The van der Waals surface area contributed by atoms with E-state index in [9.17, 15) is 28.3 Å². The highest BCUT2D eigenvalue weighted by atomic mass is 31.2. The van der Waals surface area contributed by atoms with Crippen molar-refractivity contribution in [2.24, 2.45) is 5.92 Å². The maximum atomic E-state index is 14.4. The third kappa shape index (κ3) is 3.91. The Balaban J connectivity index is 1.85. The van der Waals surface area contributed by atoms with Crippen molar-refractivity contribution in [3.63, 3.8) is 0 Å². The molecule has 2 aliphatic rings. The van der Waals surface area contributed by atoms with Gasteiger partial charge in [-0.3, -0.25) is 14.3 Å². The molecule has 0 saturated carbocycles. The normalized spacial score (nSPS) is 29.2. The largest absolute Gasteiger partial charge is 0.469 e. The lowest BCUT2D eigenvalue weighted by atomic mass is 9.87. The predicted octanol–water partition coefficient (Wildman–Crippen LogP) is 1.67. The third-order valence-corrected chi connectivity index (χ3v) is 6.01. The quantitative estimate of drug-likeness (QED) is 0.435. The van der Waals surface area contributed by atoms with Gasteiger partial charge in [-0.25, -0.2) is 9.18 Å². The summed E-state index contributed by atoms with van der Waals surface area (Å²) in [7, 11) is -3.85. The van der Waals surface area contributed by atoms with Crippen molar-refractivity contribution < 1.29 is 37.8 Å². The van der Waals surface area contributed by atoms with Crippen LogP contribution >= 0.6 is 7.60 Å². The Kier molecular flexibility index (Phi) is 5.67. The average molecular weight is 401 g/mol. The number of hydrogen-bond acceptors (Lipinski definition) is 6. The summed E-state index contributed by atoms with van der Waals surface area (Å²) in [6.45, 7) is 0. The lowest BCUT2D eigenvalue weighted by Crippen LogP contribution is -2.57. The summed E-state index contributed by atoms with van der Waals surface area (Å²) in [5.41, 5.74) is 0.314. The van der Waals surface area contributed by atoms with E-state index in [1.54, 1.807) is 30.3 Å². The number of methoxy groups -OCH3 is 1. The zero-order valence-corrected chi connectivity index (χ0v) is 15.5. The van der Waals surface area contributed by atoms with Crippen molar-refractivity contribution >= 4 is 19.5 Å². The molecule has 5 atom stereocenters. The number of benzene rings is 1. The Bertz CT molecular complexity index is 755. The van der Waals surface area contributed by atoms with Crippen LogP contribution in [-0.4, -0.2) is 58.0 Å². The summed E-state index contributed by atoms with van der Waals surface area (Å²) in [6, 6.07) is 4.39. The van der Waals surface area contributed by atoms with E-state index in [1.807, 2.05) is 0 Å². The van der Waals surface area contributed by atoms with Crippen molar-refractivity contribution in [2.45, 2.75) is 43.5 Å². The van der Waals surface area contributed by atoms with Crippen LogP contribution in [0.5, 0.6) is 0 Å². The summed E-state index contributed by atoms with van der Waals surface area (Å²) in [5.74, 6) is -2.34. The van der Waals surface area contributed by atoms with Gasteiger partial charge < -0.3 is 19.3 Å². The number of halogens is 1. The Morgan fingerprint density at radius 1 is 1.26 bits per heavy atom. The monoisotopic (exact) mass is 401 g/mol. The standard InChI is InChI=1S/C17H21FNO7P/c1-25-16(21)14-12-8-7-11(19(12)17(18)27(22,23)24)9-13(14)26-15(20)10-5-3-2-4-6-10/h2-6,11-14,17H,7-9H2,1H3,(H2,22,23,24). The maximum absolute atomic E-state index is 14.4. The van der Waals surface area contributed by atoms with Gasteiger partial charge in [-0.15, -0.1) is 0 Å². The van der Waals surface area contributed by atoms with Crippen LogP contribution in [0, 0.1) is 5.92 Å². The van der Waals surface area contributed by atoms with E-state index in [0.717, 1.165) is 4.90 Å². The Labute approximate surface area is 155 Å². The first-order chi connectivity index (χ1) is 12.7. The minimum Gasteiger partial charge on any atom is -0.469 e. The molecule has 2 bridgehead atoms. The highest BCUT2D eigenvalue weighted by Gasteiger charge is 2.57. The van der Waals surface area contributed by atoms with Crippen molar-refractivity contribution in [3.8, 4) is 0 Å². The number of rotatable bonds is 5. The van der Waals surface area contributed by atoms with Crippen molar-refractivity contribution in [3.05, 3.63) is 35.9 Å². The van der Waals surface area contributed by atoms with Crippen molar-refractivity contribution in [1.29, 1.82) is 0 Å². The van der Waals surface area contributed by atoms with E-state index >= 15 is 0 Å². The molecular weight excluding hydrogens is 380 g/mol. The molecule has 2 fully saturated rings. The predicted molar refractivity (Wildman–Crippen MR) is 91.4 cm³/mol. The number of ether oxygens (including phenoxy) is 2. The topological polar surface area (TPSA) is 113 Å². The zero-order chi connectivity index (χ0) is 19.8. The van der Waals surface area contributed by atoms with Gasteiger partial charge in [0.1, 0.15) is 12.0 Å². The van der Waals surface area contributed by atoms with Crippen LogP contribution in [0.2, 0.25) is 0 Å². The lowest BCUT2D eigenvalue weighted by Gasteiger charge is -2.43. The molecule has 3 rings (SSSR count). The molecule has 0 aliphatic carbocycles. The van der Waals surface area contributed by atoms with Crippen LogP contribution in [0.15, 0.2) is 30.3 Å². The van der Waals surface area contributed by atoms with E-state index in [0.29, 0.717) is 18.4 Å². The van der Waals surface area contributed by atoms with Gasteiger partial charge >= 0.3 is 19.5 Å². The molecule has 2 saturated heterocycles. The molecular formula is C17H21FNO7P. The van der Waals surface area contributed by atoms with Crippen LogP contribution in [-0.2, 0) is 18.8 Å². The lowest BCUT2D eigenvalue weighted by molar-refractivity contribution is -0.158. The number of carbonyl (C=O) groups excluding carboxylic acids is 2. The van der Waals surface area contributed by atoms with E-state index in [-0.39, 0.29) is 6.42 Å². The number of nitrogens with zero attached hydrogens (tertiary/aromatic N) is 1. The van der Waals surface area contributed by atoms with E-state index in [1.165, 1.54) is 7.11 Å². The molecule has 1 aromatic rings. The van der Waals surface area contributed by atoms with Gasteiger partial charge in [-0.1, -0.05) is 18.2 Å². The zero-order valence-electron chi connectivity index (χ0n) is 14.6. The van der Waals surface area contributed by atoms with Crippen molar-refractivity contribution in [1.82, 2.24) is 4.90 Å². The van der Waals surface area contributed by atoms with Crippen LogP contribution < -0.4 is 0 Å². The molecule has 2 heterocycles. The minimum absolute atomic E-state index is 0.0925. The summed E-state index contributed by atoms with van der Waals surface area (Å²) in [6.07, 6.45) is 0.0279. The number of piperidine rings is 1. The molecule has 27 heavy (non-hydrogen) atoms. The summed E-state index contributed by atoms with van der Waals surface area (Å²) < 4.78 is 36.2. The first-order valence-corrected chi connectivity index (χ1v) is 10.2. The molecule has 148 valence electrons. The highest BCUT2D eigenvalue weighted by molar-refractivity contribution is 7.52. The molecule has 0 radical (unpaired) electrons. The number of hydrogen-bond donors (Lipinski definition) is 2. The maximum Gasteiger partial charge on any atom is 0.374 e. The second kappa shape index (κ2) is 7.67. The molecule has 0 spiro atoms. The second-order valence-electron chi connectivity index (χ2n) is 6.74. The Hall–Kier alpha value is -1.80. The van der Waals surface area contributed by atoms with Gasteiger partial charge in [-0.05, 0) is 25.0 Å². The van der Waals surface area contributed by atoms with Crippen LogP contribution in [0.4, 0.5) is 4.39 Å². The fraction of sp³-hybridized carbons (Fsp3) is 0.529. The first kappa shape index (κ1) is 19.9. The van der Waals surface area contributed by atoms with Gasteiger partial charge in [0.05, 0.1) is 12.7 Å². The summed E-state index contributed by atoms with van der Waals surface area (Å²) in [5, 5.41) is 0. The van der Waals surface area contributed by atoms with E-state index in [2.05, 4.69) is 0 Å². The first-order valence-electron chi connectivity index (χ1n) is 8.54. The summed E-state index contributed by atoms with van der Waals surface area (Å²) in [4.78, 5) is 44.3. The van der Waals surface area contributed by atoms with Gasteiger partial charge in [-0.2, -0.15) is 0 Å². The second-order valence-corrected chi connectivity index (χ2v) is 8.34. The molecule has 0 aromatic heterocycles. The Morgan fingerprint density at radius 3 is 2.52 bits per heavy atom. The fourth-order valence-electron chi connectivity index (χ4n) is 4.05. The minimum atomic E-state index is -5.02. The highest BCUT2D eigenvalue weighted by Crippen LogP contribution is 2.52. The number of fused-ring (bicyclic) bond motifs is 2. The molecule has 2 aliphatic heterocycles. The van der Waals surface area contributed by atoms with Crippen LogP contribution in [0.3, 0.4) is 0 Å². The van der Waals surface area contributed by atoms with E-state index < -0.39 is 49.7 Å². The molecule has 1 aromatic carbocycles. The van der Waals surface area contributed by atoms with Crippen LogP contribution in [0.25, 0.3) is 0 Å². The smallest absolute Gasteiger partial charge is 0.374 e. The third-order valence-electron chi connectivity index (χ3n) is 5.18. The SMILES string of the molecule is COC(=O)C1C(OC(=O)c2ccccc2)CC2CCC1N2C(F)P(=O)(O)O. The van der Waals surface area contributed by atoms with Gasteiger partial charge in [0.25, 0.3) is 6.04 Å². The number of alkyl halides is 1. The number of esters is 2. The molecule has 10 heteroatoms. The molecule has 8 nitrogen and oxygen atoms in total. The average Bonchev–Trinajstić information content (AvgIpc) is 2.94. The summed E-state index contributed by atoms with van der Waals surface area (Å²) >= 11 is 0. The van der Waals surface area contributed by atoms with E-state index in [4.69, 9.17) is 9.47 Å².